The fourth-order valence-corrected chi connectivity index (χ4v) is 1.54. The molecule has 0 aliphatic rings. The van der Waals surface area contributed by atoms with Crippen LogP contribution >= 0.6 is 15.9 Å². The first kappa shape index (κ1) is 14.3. The van der Waals surface area contributed by atoms with Crippen molar-refractivity contribution in [1.82, 2.24) is 0 Å². The molecule has 1 aromatic carbocycles. The second-order valence-electron chi connectivity index (χ2n) is 3.56. The maximum absolute atomic E-state index is 11.7. The van der Waals surface area contributed by atoms with Gasteiger partial charge in [-0.2, -0.15) is 0 Å². The van der Waals surface area contributed by atoms with Crippen LogP contribution in [-0.2, 0) is 16.0 Å². The summed E-state index contributed by atoms with van der Waals surface area (Å²) in [5.41, 5.74) is 0.909. The van der Waals surface area contributed by atoms with Crippen molar-refractivity contribution in [2.45, 2.75) is 19.3 Å². The smallest absolute Gasteiger partial charge is 0.261 e. The van der Waals surface area contributed by atoms with Crippen LogP contribution in [0.2, 0.25) is 0 Å². The quantitative estimate of drug-likeness (QED) is 0.723. The van der Waals surface area contributed by atoms with E-state index in [-0.39, 0.29) is 18.8 Å². The third-order valence-corrected chi connectivity index (χ3v) is 2.61. The molecule has 0 bridgehead atoms. The van der Waals surface area contributed by atoms with Crippen LogP contribution in [0, 0.1) is 0 Å². The van der Waals surface area contributed by atoms with E-state index in [2.05, 4.69) is 20.7 Å². The summed E-state index contributed by atoms with van der Waals surface area (Å²) < 4.78 is 29.1. The molecular weight excluding hydrogens is 294 g/mol. The zero-order valence-electron chi connectivity index (χ0n) is 9.17. The van der Waals surface area contributed by atoms with Gasteiger partial charge in [-0.3, -0.25) is 4.79 Å². The van der Waals surface area contributed by atoms with E-state index in [0.29, 0.717) is 6.42 Å². The van der Waals surface area contributed by atoms with E-state index in [9.17, 15) is 13.6 Å². The third kappa shape index (κ3) is 6.48. The van der Waals surface area contributed by atoms with Gasteiger partial charge in [-0.1, -0.05) is 28.1 Å². The Bertz CT molecular complexity index is 352. The van der Waals surface area contributed by atoms with Gasteiger partial charge in [0, 0.05) is 17.3 Å². The largest absolute Gasteiger partial charge is 0.375 e. The molecule has 0 spiro atoms. The number of benzene rings is 1. The van der Waals surface area contributed by atoms with Gasteiger partial charge in [-0.05, 0) is 17.7 Å². The Hall–Kier alpha value is -0.810. The highest BCUT2D eigenvalue weighted by Crippen LogP contribution is 2.11. The lowest BCUT2D eigenvalue weighted by Gasteiger charge is -2.03. The summed E-state index contributed by atoms with van der Waals surface area (Å²) in [5, 5.41) is 0. The van der Waals surface area contributed by atoms with Crippen molar-refractivity contribution in [2.75, 3.05) is 13.2 Å². The van der Waals surface area contributed by atoms with E-state index in [0.717, 1.165) is 10.0 Å². The molecule has 0 aliphatic carbocycles. The molecular formula is C12H13BrF2O2. The van der Waals surface area contributed by atoms with E-state index in [1.165, 1.54) is 0 Å². The Labute approximate surface area is 107 Å². The van der Waals surface area contributed by atoms with Crippen molar-refractivity contribution in [2.24, 2.45) is 0 Å². The lowest BCUT2D eigenvalue weighted by molar-refractivity contribution is -0.119. The van der Waals surface area contributed by atoms with Gasteiger partial charge in [-0.15, -0.1) is 0 Å². The molecule has 0 saturated heterocycles. The fourth-order valence-electron chi connectivity index (χ4n) is 1.28. The summed E-state index contributed by atoms with van der Waals surface area (Å²) in [7, 11) is 0. The Balaban J connectivity index is 2.23. The lowest BCUT2D eigenvalue weighted by atomic mass is 10.1. The van der Waals surface area contributed by atoms with Gasteiger partial charge in [0.05, 0.1) is 6.61 Å². The van der Waals surface area contributed by atoms with Gasteiger partial charge < -0.3 is 4.74 Å². The summed E-state index contributed by atoms with van der Waals surface area (Å²) in [6.07, 6.45) is -2.00. The summed E-state index contributed by atoms with van der Waals surface area (Å²) in [6.45, 7) is -0.550. The summed E-state index contributed by atoms with van der Waals surface area (Å²) in [4.78, 5) is 11.5. The Kier molecular flexibility index (Phi) is 6.29. The number of ketones is 1. The molecule has 0 N–H and O–H groups in total. The fraction of sp³-hybridized carbons (Fsp3) is 0.417. The van der Waals surface area contributed by atoms with Crippen LogP contribution in [0.25, 0.3) is 0 Å². The van der Waals surface area contributed by atoms with Crippen LogP contribution < -0.4 is 0 Å². The highest BCUT2D eigenvalue weighted by atomic mass is 79.9. The number of carbonyl (C=O) groups is 1. The SMILES string of the molecule is O=C(CCOCC(F)F)Cc1ccc(Br)cc1. The first-order chi connectivity index (χ1) is 8.08. The summed E-state index contributed by atoms with van der Waals surface area (Å²) >= 11 is 3.30. The lowest BCUT2D eigenvalue weighted by Crippen LogP contribution is -2.10. The van der Waals surface area contributed by atoms with Crippen molar-refractivity contribution in [3.05, 3.63) is 34.3 Å². The minimum Gasteiger partial charge on any atom is -0.375 e. The van der Waals surface area contributed by atoms with E-state index in [4.69, 9.17) is 0 Å². The summed E-state index contributed by atoms with van der Waals surface area (Å²) in [5.74, 6) is -0.0124. The zero-order valence-corrected chi connectivity index (χ0v) is 10.8. The first-order valence-corrected chi connectivity index (χ1v) is 5.99. The second kappa shape index (κ2) is 7.50. The monoisotopic (exact) mass is 306 g/mol. The molecule has 0 aromatic heterocycles. The molecule has 2 nitrogen and oxygen atoms in total. The van der Waals surface area contributed by atoms with Crippen molar-refractivity contribution in [3.63, 3.8) is 0 Å². The highest BCUT2D eigenvalue weighted by Gasteiger charge is 2.06. The first-order valence-electron chi connectivity index (χ1n) is 5.20. The number of hydrogen-bond donors (Lipinski definition) is 0. The van der Waals surface area contributed by atoms with E-state index in [1.54, 1.807) is 0 Å². The molecule has 0 amide bonds. The van der Waals surface area contributed by atoms with Crippen molar-refractivity contribution in [3.8, 4) is 0 Å². The van der Waals surface area contributed by atoms with Crippen LogP contribution in [0.1, 0.15) is 12.0 Å². The van der Waals surface area contributed by atoms with Gasteiger partial charge in [0.15, 0.2) is 0 Å². The predicted octanol–water partition coefficient (Wildman–Crippen LogP) is 3.23. The van der Waals surface area contributed by atoms with Crippen LogP contribution in [0.15, 0.2) is 28.7 Å². The maximum Gasteiger partial charge on any atom is 0.261 e. The minimum absolute atomic E-state index is 0.0124. The van der Waals surface area contributed by atoms with Gasteiger partial charge in [0.2, 0.25) is 0 Å². The average molecular weight is 307 g/mol. The number of hydrogen-bond acceptors (Lipinski definition) is 2. The Morgan fingerprint density at radius 3 is 2.53 bits per heavy atom. The van der Waals surface area contributed by atoms with Crippen molar-refractivity contribution >= 4 is 21.7 Å². The Morgan fingerprint density at radius 1 is 1.29 bits per heavy atom. The highest BCUT2D eigenvalue weighted by molar-refractivity contribution is 9.10. The molecule has 1 aromatic rings. The van der Waals surface area contributed by atoms with Crippen LogP contribution in [0.5, 0.6) is 0 Å². The number of ether oxygens (including phenoxy) is 1. The predicted molar refractivity (Wildman–Crippen MR) is 64.3 cm³/mol. The third-order valence-electron chi connectivity index (χ3n) is 2.08. The molecule has 0 heterocycles. The van der Waals surface area contributed by atoms with Crippen LogP contribution in [0.4, 0.5) is 8.78 Å². The molecule has 0 aliphatic heterocycles. The van der Waals surface area contributed by atoms with Gasteiger partial charge in [0.25, 0.3) is 6.43 Å². The van der Waals surface area contributed by atoms with Crippen molar-refractivity contribution in [1.29, 1.82) is 0 Å². The van der Waals surface area contributed by atoms with Gasteiger partial charge in [-0.25, -0.2) is 8.78 Å². The molecule has 0 radical (unpaired) electrons. The van der Waals surface area contributed by atoms with E-state index >= 15 is 0 Å². The summed E-state index contributed by atoms with van der Waals surface area (Å²) in [6, 6.07) is 7.41. The molecule has 5 heteroatoms. The molecule has 0 unspecified atom stereocenters. The van der Waals surface area contributed by atoms with E-state index in [1.807, 2.05) is 24.3 Å². The normalized spacial score (nSPS) is 10.8. The number of alkyl halides is 2. The van der Waals surface area contributed by atoms with Crippen LogP contribution in [-0.4, -0.2) is 25.4 Å². The number of carbonyl (C=O) groups excluding carboxylic acids is 1. The number of Topliss-reactive ketones (excluding diaryl/α,β-unsaturated/α-hetero) is 1. The maximum atomic E-state index is 11.7. The molecule has 0 fully saturated rings. The second-order valence-corrected chi connectivity index (χ2v) is 4.47. The number of halogens is 3. The molecule has 94 valence electrons. The molecule has 17 heavy (non-hydrogen) atoms. The van der Waals surface area contributed by atoms with Gasteiger partial charge >= 0.3 is 0 Å². The Morgan fingerprint density at radius 2 is 1.94 bits per heavy atom. The topological polar surface area (TPSA) is 26.3 Å². The minimum atomic E-state index is -2.48. The molecule has 0 saturated carbocycles. The molecule has 1 rings (SSSR count). The van der Waals surface area contributed by atoms with Crippen LogP contribution in [0.3, 0.4) is 0 Å². The number of rotatable bonds is 7. The standard InChI is InChI=1S/C12H13BrF2O2/c13-10-3-1-9(2-4-10)7-11(16)5-6-17-8-12(14)15/h1-4,12H,5-8H2. The molecule has 0 atom stereocenters. The van der Waals surface area contributed by atoms with Gasteiger partial charge in [0.1, 0.15) is 12.4 Å². The average Bonchev–Trinajstić information content (AvgIpc) is 2.27. The zero-order chi connectivity index (χ0) is 12.7. The van der Waals surface area contributed by atoms with E-state index < -0.39 is 13.0 Å². The van der Waals surface area contributed by atoms with Crippen molar-refractivity contribution < 1.29 is 18.3 Å².